The highest BCUT2D eigenvalue weighted by atomic mass is 16.5. The van der Waals surface area contributed by atoms with E-state index >= 15 is 0 Å². The Morgan fingerprint density at radius 3 is 2.31 bits per heavy atom. The van der Waals surface area contributed by atoms with Gasteiger partial charge < -0.3 is 20.0 Å². The third kappa shape index (κ3) is 10.5. The summed E-state index contributed by atoms with van der Waals surface area (Å²) in [6.45, 7) is 7.68. The minimum Gasteiger partial charge on any atom is -0.518 e. The van der Waals surface area contributed by atoms with Crippen LogP contribution in [-0.2, 0) is 30.2 Å². The third-order valence-corrected chi connectivity index (χ3v) is 5.96. The van der Waals surface area contributed by atoms with E-state index in [4.69, 9.17) is 9.39 Å². The monoisotopic (exact) mass is 539 g/mol. The number of hydrogen-bond acceptors (Lipinski definition) is 9. The molecule has 2 aromatic rings. The zero-order valence-electron chi connectivity index (χ0n) is 23.3. The standard InChI is InChI=1S/C27H38BN5O6/c1-6-24(34)39-28(33(7-2)18-25(35)38-5)23(15-19(3)4)32-26(36)21(16-20-11-9-8-10-12-20)31-27(37)22-17-29-13-14-30-22/h8-14,17,19,21,23H,6-7,15-16,18H2,1-5H3,(H,31,37)(H,32,36)/t21-,23-/m0/s1. The van der Waals surface area contributed by atoms with Crippen molar-refractivity contribution in [2.24, 2.45) is 5.92 Å². The SMILES string of the molecule is CCC(=O)OB([C@H](CC(C)C)NC(=O)[C@H](Cc1ccccc1)NC(=O)c1cnccn1)N(CC)CC(=O)OC. The minimum atomic E-state index is -0.963. The predicted octanol–water partition coefficient (Wildman–Crippen LogP) is 1.82. The normalized spacial score (nSPS) is 12.4. The van der Waals surface area contributed by atoms with Crippen molar-refractivity contribution in [2.75, 3.05) is 20.2 Å². The van der Waals surface area contributed by atoms with Gasteiger partial charge in [-0.05, 0) is 24.4 Å². The summed E-state index contributed by atoms with van der Waals surface area (Å²) in [6, 6.07) is 8.33. The van der Waals surface area contributed by atoms with Gasteiger partial charge in [0.05, 0.1) is 25.8 Å². The summed E-state index contributed by atoms with van der Waals surface area (Å²) >= 11 is 0. The van der Waals surface area contributed by atoms with E-state index in [1.54, 1.807) is 11.7 Å². The summed E-state index contributed by atoms with van der Waals surface area (Å²) in [5.41, 5.74) is 0.916. The highest BCUT2D eigenvalue weighted by Gasteiger charge is 2.40. The van der Waals surface area contributed by atoms with Crippen LogP contribution in [-0.4, -0.2) is 77.8 Å². The number of hydrogen-bond donors (Lipinski definition) is 2. The number of nitrogens with one attached hydrogen (secondary N) is 2. The van der Waals surface area contributed by atoms with Gasteiger partial charge in [-0.2, -0.15) is 0 Å². The molecule has 2 amide bonds. The highest BCUT2D eigenvalue weighted by Crippen LogP contribution is 2.15. The van der Waals surface area contributed by atoms with Gasteiger partial charge in [-0.3, -0.25) is 29.0 Å². The molecule has 0 bridgehead atoms. The van der Waals surface area contributed by atoms with Crippen LogP contribution in [0.1, 0.15) is 56.6 Å². The van der Waals surface area contributed by atoms with Crippen LogP contribution in [0.15, 0.2) is 48.9 Å². The molecule has 0 aliphatic carbocycles. The Kier molecular flexibility index (Phi) is 13.1. The average Bonchev–Trinajstić information content (AvgIpc) is 2.94. The Morgan fingerprint density at radius 2 is 1.74 bits per heavy atom. The number of ether oxygens (including phenoxy) is 1. The molecule has 12 heteroatoms. The van der Waals surface area contributed by atoms with Crippen LogP contribution in [0.3, 0.4) is 0 Å². The molecule has 0 saturated heterocycles. The number of esters is 1. The molecule has 0 aliphatic rings. The molecular weight excluding hydrogens is 501 g/mol. The van der Waals surface area contributed by atoms with Crippen molar-refractivity contribution in [2.45, 2.75) is 58.9 Å². The fourth-order valence-corrected chi connectivity index (χ4v) is 3.99. The topological polar surface area (TPSA) is 140 Å². The second-order valence-electron chi connectivity index (χ2n) is 9.42. The number of likely N-dealkylation sites (N-methyl/N-ethyl adjacent to an activating group) is 1. The van der Waals surface area contributed by atoms with Gasteiger partial charge in [0.1, 0.15) is 11.7 Å². The summed E-state index contributed by atoms with van der Waals surface area (Å²) in [7, 11) is 0.353. The van der Waals surface area contributed by atoms with Gasteiger partial charge in [-0.25, -0.2) is 4.98 Å². The van der Waals surface area contributed by atoms with E-state index in [-0.39, 0.29) is 31.0 Å². The highest BCUT2D eigenvalue weighted by molar-refractivity contribution is 6.53. The molecule has 0 saturated carbocycles. The van der Waals surface area contributed by atoms with E-state index < -0.39 is 42.8 Å². The maximum absolute atomic E-state index is 13.7. The first-order valence-electron chi connectivity index (χ1n) is 13.1. The molecule has 0 fully saturated rings. The zero-order valence-corrected chi connectivity index (χ0v) is 23.3. The lowest BCUT2D eigenvalue weighted by Crippen LogP contribution is -2.61. The second kappa shape index (κ2) is 16.2. The molecule has 1 heterocycles. The largest absolute Gasteiger partial charge is 0.518 e. The molecule has 0 radical (unpaired) electrons. The van der Waals surface area contributed by atoms with Gasteiger partial charge in [-0.15, -0.1) is 0 Å². The number of nitrogens with zero attached hydrogens (tertiary/aromatic N) is 3. The first-order chi connectivity index (χ1) is 18.7. The van der Waals surface area contributed by atoms with Crippen molar-refractivity contribution in [1.29, 1.82) is 0 Å². The predicted molar refractivity (Wildman–Crippen MR) is 146 cm³/mol. The van der Waals surface area contributed by atoms with Gasteiger partial charge in [0.25, 0.3) is 11.9 Å². The molecule has 210 valence electrons. The van der Waals surface area contributed by atoms with Crippen molar-refractivity contribution >= 4 is 30.8 Å². The van der Waals surface area contributed by atoms with E-state index in [1.807, 2.05) is 51.1 Å². The molecule has 2 rings (SSSR count). The molecule has 1 aromatic heterocycles. The summed E-state index contributed by atoms with van der Waals surface area (Å²) in [5, 5.41) is 5.77. The van der Waals surface area contributed by atoms with Gasteiger partial charge in [0.2, 0.25) is 5.91 Å². The van der Waals surface area contributed by atoms with Crippen LogP contribution in [0, 0.1) is 5.92 Å². The lowest BCUT2D eigenvalue weighted by atomic mass is 9.66. The second-order valence-corrected chi connectivity index (χ2v) is 9.42. The van der Waals surface area contributed by atoms with E-state index in [0.29, 0.717) is 13.0 Å². The van der Waals surface area contributed by atoms with E-state index in [9.17, 15) is 19.2 Å². The Balaban J connectivity index is 2.39. The molecule has 39 heavy (non-hydrogen) atoms. The summed E-state index contributed by atoms with van der Waals surface area (Å²) in [4.78, 5) is 60.8. The van der Waals surface area contributed by atoms with Crippen LogP contribution in [0.2, 0.25) is 0 Å². The fourth-order valence-electron chi connectivity index (χ4n) is 3.99. The van der Waals surface area contributed by atoms with Crippen LogP contribution in [0.5, 0.6) is 0 Å². The maximum Gasteiger partial charge on any atom is 0.475 e. The number of benzene rings is 1. The van der Waals surface area contributed by atoms with Crippen molar-refractivity contribution < 1.29 is 28.6 Å². The molecule has 0 spiro atoms. The summed E-state index contributed by atoms with van der Waals surface area (Å²) < 4.78 is 10.6. The first-order valence-corrected chi connectivity index (χ1v) is 13.1. The summed E-state index contributed by atoms with van der Waals surface area (Å²) in [6.07, 6.45) is 4.95. The zero-order chi connectivity index (χ0) is 28.8. The van der Waals surface area contributed by atoms with Crippen LogP contribution >= 0.6 is 0 Å². The number of carbonyl (C=O) groups excluding carboxylic acids is 4. The Hall–Kier alpha value is -3.80. The Morgan fingerprint density at radius 1 is 1.03 bits per heavy atom. The maximum atomic E-state index is 13.7. The first kappa shape index (κ1) is 31.4. The lowest BCUT2D eigenvalue weighted by molar-refractivity contribution is -0.142. The molecule has 2 atom stereocenters. The minimum absolute atomic E-state index is 0.0760. The Labute approximate surface area is 230 Å². The third-order valence-electron chi connectivity index (χ3n) is 5.96. The molecule has 11 nitrogen and oxygen atoms in total. The van der Waals surface area contributed by atoms with E-state index in [2.05, 4.69) is 20.6 Å². The van der Waals surface area contributed by atoms with Crippen molar-refractivity contribution in [3.05, 3.63) is 60.2 Å². The van der Waals surface area contributed by atoms with E-state index in [1.165, 1.54) is 25.7 Å². The van der Waals surface area contributed by atoms with Crippen LogP contribution in [0.25, 0.3) is 0 Å². The summed E-state index contributed by atoms with van der Waals surface area (Å²) in [5.74, 6) is -2.55. The van der Waals surface area contributed by atoms with Crippen molar-refractivity contribution in [1.82, 2.24) is 25.4 Å². The average molecular weight is 539 g/mol. The van der Waals surface area contributed by atoms with Crippen LogP contribution in [0.4, 0.5) is 0 Å². The van der Waals surface area contributed by atoms with Gasteiger partial charge in [-0.1, -0.05) is 58.0 Å². The smallest absolute Gasteiger partial charge is 0.475 e. The quantitative estimate of drug-likeness (QED) is 0.256. The molecule has 0 unspecified atom stereocenters. The van der Waals surface area contributed by atoms with Gasteiger partial charge >= 0.3 is 13.0 Å². The van der Waals surface area contributed by atoms with E-state index in [0.717, 1.165) is 5.56 Å². The lowest BCUT2D eigenvalue weighted by Gasteiger charge is -2.33. The Bertz CT molecular complexity index is 1070. The number of amides is 2. The van der Waals surface area contributed by atoms with Crippen LogP contribution < -0.4 is 10.6 Å². The van der Waals surface area contributed by atoms with Crippen molar-refractivity contribution in [3.63, 3.8) is 0 Å². The van der Waals surface area contributed by atoms with Gasteiger partial charge in [0.15, 0.2) is 0 Å². The molecule has 0 aliphatic heterocycles. The molecular formula is C27H38BN5O6. The number of carbonyl (C=O) groups is 4. The molecule has 2 N–H and O–H groups in total. The van der Waals surface area contributed by atoms with Crippen molar-refractivity contribution in [3.8, 4) is 0 Å². The number of aromatic nitrogens is 2. The number of rotatable bonds is 15. The molecule has 1 aromatic carbocycles. The van der Waals surface area contributed by atoms with Gasteiger partial charge in [0, 0.05) is 25.2 Å². The fraction of sp³-hybridized carbons (Fsp3) is 0.481. The number of methoxy groups -OCH3 is 1.